The Balaban J connectivity index is 1.43. The average Bonchev–Trinajstić information content (AvgIpc) is 3.15. The van der Waals surface area contributed by atoms with Gasteiger partial charge in [-0.05, 0) is 49.7 Å². The zero-order chi connectivity index (χ0) is 17.5. The number of likely N-dealkylation sites (tertiary alicyclic amines) is 1. The molecular weight excluding hydrogens is 317 g/mol. The highest BCUT2D eigenvalue weighted by atomic mass is 19.1. The maximum Gasteiger partial charge on any atom is 0.120 e. The molecule has 2 atom stereocenters. The number of nitrogens with zero attached hydrogens (tertiary/aromatic N) is 1. The fraction of sp³-hybridized carbons (Fsp3) is 0.429. The van der Waals surface area contributed by atoms with Crippen LogP contribution in [0.4, 0.5) is 4.39 Å². The van der Waals surface area contributed by atoms with Crippen LogP contribution in [-0.2, 0) is 6.61 Å². The summed E-state index contributed by atoms with van der Waals surface area (Å²) in [5.41, 5.74) is 1.15. The molecule has 2 aromatic carbocycles. The summed E-state index contributed by atoms with van der Waals surface area (Å²) in [7, 11) is 0. The smallest absolute Gasteiger partial charge is 0.120 e. The number of hydrogen-bond acceptors (Lipinski definition) is 3. The molecule has 0 aliphatic carbocycles. The van der Waals surface area contributed by atoms with E-state index in [2.05, 4.69) is 11.8 Å². The second-order valence-corrected chi connectivity index (χ2v) is 6.71. The van der Waals surface area contributed by atoms with E-state index >= 15 is 0 Å². The number of hydrogen-bond donors (Lipinski definition) is 0. The monoisotopic (exact) mass is 343 g/mol. The molecule has 0 spiro atoms. The van der Waals surface area contributed by atoms with Crippen molar-refractivity contribution in [2.24, 2.45) is 5.92 Å². The summed E-state index contributed by atoms with van der Waals surface area (Å²) in [6.45, 7) is 4.90. The van der Waals surface area contributed by atoms with Crippen LogP contribution < -0.4 is 9.47 Å². The minimum Gasteiger partial charge on any atom is -0.492 e. The van der Waals surface area contributed by atoms with Crippen LogP contribution in [0.15, 0.2) is 54.6 Å². The van der Waals surface area contributed by atoms with E-state index in [1.165, 1.54) is 0 Å². The Morgan fingerprint density at radius 3 is 2.36 bits per heavy atom. The van der Waals surface area contributed by atoms with Gasteiger partial charge in [0.2, 0.25) is 0 Å². The molecule has 1 aliphatic rings. The Kier molecular flexibility index (Phi) is 6.29. The van der Waals surface area contributed by atoms with Gasteiger partial charge < -0.3 is 9.47 Å². The zero-order valence-electron chi connectivity index (χ0n) is 14.7. The molecule has 0 saturated carbocycles. The number of rotatable bonds is 8. The third-order valence-corrected chi connectivity index (χ3v) is 4.72. The van der Waals surface area contributed by atoms with E-state index in [9.17, 15) is 4.39 Å². The van der Waals surface area contributed by atoms with E-state index in [0.717, 1.165) is 36.6 Å². The van der Waals surface area contributed by atoms with Gasteiger partial charge in [-0.2, -0.15) is 0 Å². The summed E-state index contributed by atoms with van der Waals surface area (Å²) in [5, 5.41) is 0. The van der Waals surface area contributed by atoms with E-state index in [-0.39, 0.29) is 12.6 Å². The first-order chi connectivity index (χ1) is 12.2. The molecule has 1 unspecified atom stereocenters. The Hall–Kier alpha value is -2.07. The van der Waals surface area contributed by atoms with Crippen LogP contribution in [0.5, 0.6) is 11.5 Å². The van der Waals surface area contributed by atoms with Gasteiger partial charge in [0.1, 0.15) is 24.7 Å². The molecule has 3 nitrogen and oxygen atoms in total. The Morgan fingerprint density at radius 2 is 1.72 bits per heavy atom. The van der Waals surface area contributed by atoms with E-state index in [1.807, 2.05) is 54.6 Å². The van der Waals surface area contributed by atoms with Gasteiger partial charge in [0.25, 0.3) is 0 Å². The molecule has 0 radical (unpaired) electrons. The van der Waals surface area contributed by atoms with Crippen molar-refractivity contribution in [1.82, 2.24) is 4.90 Å². The second-order valence-electron chi connectivity index (χ2n) is 6.71. The van der Waals surface area contributed by atoms with Crippen molar-refractivity contribution in [3.05, 3.63) is 60.2 Å². The van der Waals surface area contributed by atoms with Crippen molar-refractivity contribution in [3.63, 3.8) is 0 Å². The molecule has 1 heterocycles. The zero-order valence-corrected chi connectivity index (χ0v) is 14.7. The van der Waals surface area contributed by atoms with Gasteiger partial charge >= 0.3 is 0 Å². The lowest BCUT2D eigenvalue weighted by Gasteiger charge is -2.24. The van der Waals surface area contributed by atoms with Crippen LogP contribution in [0, 0.1) is 5.92 Å². The van der Waals surface area contributed by atoms with Crippen LogP contribution in [0.2, 0.25) is 0 Å². The Labute approximate surface area is 149 Å². The molecule has 1 fully saturated rings. The van der Waals surface area contributed by atoms with Crippen LogP contribution in [0.25, 0.3) is 0 Å². The molecule has 0 bridgehead atoms. The number of benzene rings is 2. The molecule has 4 heteroatoms. The molecule has 2 aromatic rings. The Morgan fingerprint density at radius 1 is 1.04 bits per heavy atom. The van der Waals surface area contributed by atoms with Crippen molar-refractivity contribution in [1.29, 1.82) is 0 Å². The Bertz CT molecular complexity index is 632. The predicted octanol–water partition coefficient (Wildman–Crippen LogP) is 4.32. The summed E-state index contributed by atoms with van der Waals surface area (Å²) >= 11 is 0. The van der Waals surface area contributed by atoms with Crippen molar-refractivity contribution in [3.8, 4) is 11.5 Å². The highest BCUT2D eigenvalue weighted by Crippen LogP contribution is 2.21. The lowest BCUT2D eigenvalue weighted by molar-refractivity contribution is 0.165. The lowest BCUT2D eigenvalue weighted by Crippen LogP contribution is -2.35. The third-order valence-electron chi connectivity index (χ3n) is 4.72. The fourth-order valence-electron chi connectivity index (χ4n) is 3.08. The van der Waals surface area contributed by atoms with Crippen molar-refractivity contribution < 1.29 is 13.9 Å². The minimum atomic E-state index is -0.214. The van der Waals surface area contributed by atoms with Crippen molar-refractivity contribution >= 4 is 0 Å². The summed E-state index contributed by atoms with van der Waals surface area (Å²) in [4.78, 5) is 2.31. The number of alkyl halides is 1. The molecule has 1 saturated heterocycles. The maximum atomic E-state index is 12.7. The minimum absolute atomic E-state index is 0.198. The predicted molar refractivity (Wildman–Crippen MR) is 97.8 cm³/mol. The first-order valence-electron chi connectivity index (χ1n) is 8.94. The average molecular weight is 343 g/mol. The number of ether oxygens (including phenoxy) is 2. The molecule has 1 aliphatic heterocycles. The maximum absolute atomic E-state index is 12.7. The van der Waals surface area contributed by atoms with E-state index in [0.29, 0.717) is 19.3 Å². The number of halogens is 1. The van der Waals surface area contributed by atoms with Crippen LogP contribution in [-0.4, -0.2) is 37.3 Å². The molecular formula is C21H26FNO2. The van der Waals surface area contributed by atoms with Gasteiger partial charge in [0.15, 0.2) is 0 Å². The fourth-order valence-corrected chi connectivity index (χ4v) is 3.08. The third kappa shape index (κ3) is 5.20. The molecule has 0 amide bonds. The summed E-state index contributed by atoms with van der Waals surface area (Å²) in [6, 6.07) is 18.1. The van der Waals surface area contributed by atoms with Gasteiger partial charge in [0, 0.05) is 18.5 Å². The SMILES string of the molecule is CC(COc1ccc(OCc2ccccc2)cc1)N1CC[C@@H](CF)C1. The lowest BCUT2D eigenvalue weighted by atomic mass is 10.1. The molecule has 3 rings (SSSR count). The van der Waals surface area contributed by atoms with Crippen molar-refractivity contribution in [2.45, 2.75) is 26.0 Å². The largest absolute Gasteiger partial charge is 0.492 e. The van der Waals surface area contributed by atoms with Gasteiger partial charge in [-0.15, -0.1) is 0 Å². The second kappa shape index (κ2) is 8.86. The van der Waals surface area contributed by atoms with Gasteiger partial charge in [-0.1, -0.05) is 30.3 Å². The highest BCUT2D eigenvalue weighted by Gasteiger charge is 2.26. The highest BCUT2D eigenvalue weighted by molar-refractivity contribution is 5.31. The molecule has 0 N–H and O–H groups in total. The summed E-state index contributed by atoms with van der Waals surface area (Å²) in [5.74, 6) is 1.86. The standard InChI is InChI=1S/C21H26FNO2/c1-17(23-12-11-19(13-22)14-23)15-24-20-7-9-21(10-8-20)25-16-18-5-3-2-4-6-18/h2-10,17,19H,11-16H2,1H3/t17?,19-/m0/s1. The molecule has 25 heavy (non-hydrogen) atoms. The van der Waals surface area contributed by atoms with Crippen LogP contribution in [0.1, 0.15) is 18.9 Å². The van der Waals surface area contributed by atoms with E-state index in [4.69, 9.17) is 9.47 Å². The van der Waals surface area contributed by atoms with Crippen molar-refractivity contribution in [2.75, 3.05) is 26.4 Å². The van der Waals surface area contributed by atoms with E-state index < -0.39 is 0 Å². The molecule has 134 valence electrons. The summed E-state index contributed by atoms with van der Waals surface area (Å²) in [6.07, 6.45) is 0.953. The first-order valence-corrected chi connectivity index (χ1v) is 8.94. The van der Waals surface area contributed by atoms with E-state index in [1.54, 1.807) is 0 Å². The van der Waals surface area contributed by atoms with Gasteiger partial charge in [-0.3, -0.25) is 9.29 Å². The normalized spacial score (nSPS) is 18.9. The quantitative estimate of drug-likeness (QED) is 0.712. The molecule has 0 aromatic heterocycles. The topological polar surface area (TPSA) is 21.7 Å². The summed E-state index contributed by atoms with van der Waals surface area (Å²) < 4.78 is 24.4. The first kappa shape index (κ1) is 17.7. The van der Waals surface area contributed by atoms with Crippen LogP contribution in [0.3, 0.4) is 0 Å². The van der Waals surface area contributed by atoms with Gasteiger partial charge in [-0.25, -0.2) is 0 Å². The van der Waals surface area contributed by atoms with Gasteiger partial charge in [0.05, 0.1) is 6.67 Å². The van der Waals surface area contributed by atoms with Crippen LogP contribution >= 0.6 is 0 Å².